The van der Waals surface area contributed by atoms with Crippen LogP contribution in [0.4, 0.5) is 5.95 Å². The second kappa shape index (κ2) is 4.65. The Morgan fingerprint density at radius 3 is 3.10 bits per heavy atom. The number of nitrogens with one attached hydrogen (secondary N) is 1. The van der Waals surface area contributed by atoms with Crippen LogP contribution in [0.25, 0.3) is 11.2 Å². The highest BCUT2D eigenvalue weighted by Crippen LogP contribution is 2.38. The van der Waals surface area contributed by atoms with Crippen LogP contribution < -0.4 is 11.3 Å². The molecule has 3 heterocycles. The Hall–Kier alpha value is -2.23. The first kappa shape index (κ1) is 13.7. The number of imidazole rings is 1. The third-order valence-corrected chi connectivity index (χ3v) is 3.70. The van der Waals surface area contributed by atoms with E-state index in [9.17, 15) is 15.0 Å². The van der Waals surface area contributed by atoms with Crippen molar-refractivity contribution in [2.75, 3.05) is 12.3 Å². The van der Waals surface area contributed by atoms with E-state index in [1.54, 1.807) is 0 Å². The molecule has 0 aromatic carbocycles. The van der Waals surface area contributed by atoms with E-state index in [0.717, 1.165) is 0 Å². The van der Waals surface area contributed by atoms with Gasteiger partial charge < -0.3 is 20.7 Å². The van der Waals surface area contributed by atoms with Crippen LogP contribution >= 0.6 is 0 Å². The van der Waals surface area contributed by atoms with E-state index < -0.39 is 30.1 Å². The lowest BCUT2D eigenvalue weighted by Gasteiger charge is -2.26. The first-order valence-corrected chi connectivity index (χ1v) is 6.33. The zero-order valence-corrected chi connectivity index (χ0v) is 11.1. The summed E-state index contributed by atoms with van der Waals surface area (Å²) in [5, 5.41) is 19.5. The van der Waals surface area contributed by atoms with E-state index in [1.807, 2.05) is 0 Å². The molecule has 0 saturated carbocycles. The smallest absolute Gasteiger partial charge is 0.280 e. The predicted octanol–water partition coefficient (Wildman–Crippen LogP) is -1.10. The van der Waals surface area contributed by atoms with Crippen molar-refractivity contribution in [2.24, 2.45) is 0 Å². The first-order valence-electron chi connectivity index (χ1n) is 6.33. The summed E-state index contributed by atoms with van der Waals surface area (Å²) in [6.45, 7) is 3.18. The van der Waals surface area contributed by atoms with Crippen molar-refractivity contribution in [1.29, 1.82) is 0 Å². The lowest BCUT2D eigenvalue weighted by atomic mass is 9.98. The summed E-state index contributed by atoms with van der Waals surface area (Å²) >= 11 is 0. The van der Waals surface area contributed by atoms with Gasteiger partial charge in [0.1, 0.15) is 11.8 Å². The number of anilines is 1. The fourth-order valence-electron chi connectivity index (χ4n) is 2.49. The zero-order valence-electron chi connectivity index (χ0n) is 11.1. The molecule has 1 saturated heterocycles. The number of aliphatic hydroxyl groups is 2. The van der Waals surface area contributed by atoms with Crippen LogP contribution in [0.3, 0.4) is 0 Å². The summed E-state index contributed by atoms with van der Waals surface area (Å²) in [4.78, 5) is 22.1. The number of hydrogen-bond donors (Lipinski definition) is 4. The lowest BCUT2D eigenvalue weighted by molar-refractivity contribution is -0.0953. The third-order valence-electron chi connectivity index (χ3n) is 3.70. The van der Waals surface area contributed by atoms with Gasteiger partial charge >= 0.3 is 0 Å². The number of aromatic amines is 1. The van der Waals surface area contributed by atoms with E-state index in [0.29, 0.717) is 0 Å². The van der Waals surface area contributed by atoms with Gasteiger partial charge in [-0.05, 0) is 0 Å². The minimum Gasteiger partial charge on any atom is -0.393 e. The average Bonchev–Trinajstić information content (AvgIpc) is 3.00. The summed E-state index contributed by atoms with van der Waals surface area (Å²) in [6.07, 6.45) is 1.39. The summed E-state index contributed by atoms with van der Waals surface area (Å²) < 4.78 is 7.21. The molecule has 3 rings (SSSR count). The van der Waals surface area contributed by atoms with E-state index in [4.69, 9.17) is 10.5 Å². The number of nitrogen functional groups attached to an aromatic ring is 1. The van der Waals surface area contributed by atoms with Gasteiger partial charge in [0.15, 0.2) is 11.2 Å². The molecule has 2 aromatic rings. The Kier molecular flexibility index (Phi) is 3.04. The second-order valence-electron chi connectivity index (χ2n) is 4.92. The Bertz CT molecular complexity index is 754. The molecule has 1 aliphatic rings. The normalized spacial score (nSPS) is 29.0. The van der Waals surface area contributed by atoms with E-state index in [2.05, 4.69) is 21.5 Å². The monoisotopic (exact) mass is 293 g/mol. The fraction of sp³-hybridized carbons (Fsp3) is 0.417. The highest BCUT2D eigenvalue weighted by Gasteiger charge is 2.46. The van der Waals surface area contributed by atoms with Gasteiger partial charge in [-0.2, -0.15) is 4.98 Å². The van der Waals surface area contributed by atoms with Gasteiger partial charge in [0.2, 0.25) is 5.95 Å². The number of nitrogens with zero attached hydrogens (tertiary/aromatic N) is 3. The molecule has 21 heavy (non-hydrogen) atoms. The first-order chi connectivity index (χ1) is 10.0. The molecule has 3 atom stereocenters. The molecular weight excluding hydrogens is 278 g/mol. The topological polar surface area (TPSA) is 139 Å². The molecule has 9 nitrogen and oxygen atoms in total. The highest BCUT2D eigenvalue weighted by atomic mass is 16.6. The summed E-state index contributed by atoms with van der Waals surface area (Å²) in [5.41, 5.74) is 4.22. The Balaban J connectivity index is 2.07. The van der Waals surface area contributed by atoms with Crippen LogP contribution in [0.1, 0.15) is 12.6 Å². The maximum atomic E-state index is 11.7. The van der Waals surface area contributed by atoms with Crippen LogP contribution in [-0.4, -0.2) is 48.0 Å². The minimum atomic E-state index is -1.24. The quantitative estimate of drug-likeness (QED) is 0.526. The van der Waals surface area contributed by atoms with Crippen LogP contribution in [0, 0.1) is 0 Å². The van der Waals surface area contributed by atoms with Gasteiger partial charge in [0.05, 0.1) is 19.0 Å². The van der Waals surface area contributed by atoms with Crippen molar-refractivity contribution >= 4 is 17.1 Å². The van der Waals surface area contributed by atoms with Crippen LogP contribution in [0.5, 0.6) is 0 Å². The van der Waals surface area contributed by atoms with Crippen molar-refractivity contribution in [3.8, 4) is 0 Å². The van der Waals surface area contributed by atoms with E-state index in [1.165, 1.54) is 17.0 Å². The Morgan fingerprint density at radius 2 is 2.48 bits per heavy atom. The van der Waals surface area contributed by atoms with Crippen molar-refractivity contribution in [3.63, 3.8) is 0 Å². The van der Waals surface area contributed by atoms with Crippen molar-refractivity contribution < 1.29 is 14.9 Å². The molecule has 0 radical (unpaired) electrons. The third kappa shape index (κ3) is 1.94. The Morgan fingerprint density at radius 1 is 1.71 bits per heavy atom. The van der Waals surface area contributed by atoms with Crippen molar-refractivity contribution in [1.82, 2.24) is 19.5 Å². The molecule has 0 unspecified atom stereocenters. The zero-order chi connectivity index (χ0) is 15.2. The van der Waals surface area contributed by atoms with Gasteiger partial charge in [-0.15, -0.1) is 6.58 Å². The molecule has 0 bridgehead atoms. The molecule has 1 aliphatic heterocycles. The number of nitrogens with two attached hydrogens (primary N) is 1. The maximum Gasteiger partial charge on any atom is 0.280 e. The molecule has 0 spiro atoms. The summed E-state index contributed by atoms with van der Waals surface area (Å²) in [6, 6.07) is 0. The Labute approximate surface area is 118 Å². The van der Waals surface area contributed by atoms with Gasteiger partial charge in [-0.1, -0.05) is 6.08 Å². The number of aliphatic hydroxyl groups excluding tert-OH is 2. The molecule has 1 fully saturated rings. The molecule has 2 aromatic heterocycles. The number of aromatic nitrogens is 4. The van der Waals surface area contributed by atoms with Crippen LogP contribution in [-0.2, 0) is 4.74 Å². The highest BCUT2D eigenvalue weighted by molar-refractivity contribution is 5.70. The molecule has 5 N–H and O–H groups in total. The second-order valence-corrected chi connectivity index (χ2v) is 4.92. The number of rotatable bonds is 3. The predicted molar refractivity (Wildman–Crippen MR) is 73.3 cm³/mol. The number of hydrogen-bond acceptors (Lipinski definition) is 7. The lowest BCUT2D eigenvalue weighted by Crippen LogP contribution is -2.40. The molecule has 0 aliphatic carbocycles. The number of ether oxygens (including phenoxy) is 1. The standard InChI is InChI=1S/C12H15N5O4/c1-2-12(4-18)6(19)3-7(21-12)17-5-14-8-9(17)15-11(13)16-10(8)20/h2,5-7,18-19H,1,3-4H2,(H3,13,15,16,20)/t6-,7+,12+/m0/s1. The molecule has 112 valence electrons. The van der Waals surface area contributed by atoms with Gasteiger partial charge in [0.25, 0.3) is 5.56 Å². The minimum absolute atomic E-state index is 0.0371. The maximum absolute atomic E-state index is 11.7. The molecule has 9 heteroatoms. The van der Waals surface area contributed by atoms with Gasteiger partial charge in [0, 0.05) is 6.42 Å². The van der Waals surface area contributed by atoms with E-state index >= 15 is 0 Å². The number of H-pyrrole nitrogens is 1. The van der Waals surface area contributed by atoms with E-state index in [-0.39, 0.29) is 23.5 Å². The number of fused-ring (bicyclic) bond motifs is 1. The fourth-order valence-corrected chi connectivity index (χ4v) is 2.49. The van der Waals surface area contributed by atoms with Crippen molar-refractivity contribution in [3.05, 3.63) is 29.3 Å². The van der Waals surface area contributed by atoms with Crippen molar-refractivity contribution in [2.45, 2.75) is 24.4 Å². The van der Waals surface area contributed by atoms with Crippen LogP contribution in [0.2, 0.25) is 0 Å². The SMILES string of the molecule is C=C[C@]1(CO)O[C@@H](n2cnc3c(=O)[nH]c(N)nc32)C[C@@H]1O. The largest absolute Gasteiger partial charge is 0.393 e. The molecular formula is C12H15N5O4. The van der Waals surface area contributed by atoms with Crippen LogP contribution in [0.15, 0.2) is 23.8 Å². The van der Waals surface area contributed by atoms with Gasteiger partial charge in [-0.25, -0.2) is 4.98 Å². The molecule has 0 amide bonds. The average molecular weight is 293 g/mol. The summed E-state index contributed by atoms with van der Waals surface area (Å²) in [5.74, 6) is -0.0371. The summed E-state index contributed by atoms with van der Waals surface area (Å²) in [7, 11) is 0. The van der Waals surface area contributed by atoms with Gasteiger partial charge in [-0.3, -0.25) is 14.3 Å².